The number of nitrogens with one attached hydrogen (secondary N) is 2. The molecule has 0 unspecified atom stereocenters. The molecule has 0 saturated heterocycles. The van der Waals surface area contributed by atoms with Gasteiger partial charge in [-0.05, 0) is 37.5 Å². The van der Waals surface area contributed by atoms with Crippen molar-refractivity contribution in [2.24, 2.45) is 12.0 Å². The van der Waals surface area contributed by atoms with Gasteiger partial charge in [-0.1, -0.05) is 0 Å². The van der Waals surface area contributed by atoms with E-state index in [1.54, 1.807) is 11.8 Å². The van der Waals surface area contributed by atoms with Gasteiger partial charge in [-0.15, -0.1) is 34.2 Å². The number of halogens is 3. The smallest absolute Gasteiger partial charge is 0.191 e. The predicted octanol–water partition coefficient (Wildman–Crippen LogP) is 2.89. The lowest BCUT2D eigenvalue weighted by molar-refractivity contribution is 0.304. The van der Waals surface area contributed by atoms with Gasteiger partial charge in [0.2, 0.25) is 0 Å². The van der Waals surface area contributed by atoms with Gasteiger partial charge in [0.1, 0.15) is 24.8 Å². The summed E-state index contributed by atoms with van der Waals surface area (Å²) in [5, 5.41) is 14.5. The molecule has 7 nitrogen and oxygen atoms in total. The number of benzene rings is 1. The van der Waals surface area contributed by atoms with Crippen LogP contribution in [0.4, 0.5) is 8.78 Å². The molecule has 11 heteroatoms. The summed E-state index contributed by atoms with van der Waals surface area (Å²) in [5.41, 5.74) is 0. The number of guanidine groups is 1. The highest BCUT2D eigenvalue weighted by atomic mass is 127. The van der Waals surface area contributed by atoms with Crippen molar-refractivity contribution in [1.82, 2.24) is 25.4 Å². The van der Waals surface area contributed by atoms with Gasteiger partial charge < -0.3 is 19.9 Å². The molecule has 2 aromatic rings. The molecule has 0 atom stereocenters. The molecule has 0 bridgehead atoms. The first kappa shape index (κ1) is 25.4. The van der Waals surface area contributed by atoms with Crippen LogP contribution in [-0.2, 0) is 13.6 Å². The van der Waals surface area contributed by atoms with Crippen LogP contribution in [0.15, 0.2) is 23.2 Å². The average molecular weight is 540 g/mol. The fourth-order valence-corrected chi connectivity index (χ4v) is 2.69. The van der Waals surface area contributed by atoms with Crippen molar-refractivity contribution in [2.75, 3.05) is 31.7 Å². The molecule has 0 spiro atoms. The van der Waals surface area contributed by atoms with Gasteiger partial charge in [0.05, 0.1) is 6.54 Å². The van der Waals surface area contributed by atoms with Gasteiger partial charge in [-0.2, -0.15) is 11.8 Å². The van der Waals surface area contributed by atoms with Crippen LogP contribution in [0.3, 0.4) is 0 Å². The zero-order valence-electron chi connectivity index (χ0n) is 16.7. The molecule has 1 aromatic carbocycles. The van der Waals surface area contributed by atoms with Crippen molar-refractivity contribution in [3.8, 4) is 5.75 Å². The number of thioether (sulfide) groups is 1. The highest BCUT2D eigenvalue weighted by Gasteiger charge is 2.07. The number of aryl methyl sites for hydroxylation is 1. The van der Waals surface area contributed by atoms with E-state index in [2.05, 4.69) is 32.1 Å². The summed E-state index contributed by atoms with van der Waals surface area (Å²) in [7, 11) is 1.89. The molecule has 29 heavy (non-hydrogen) atoms. The molecule has 2 rings (SSSR count). The highest BCUT2D eigenvalue weighted by Crippen LogP contribution is 2.17. The van der Waals surface area contributed by atoms with E-state index in [0.717, 1.165) is 42.5 Å². The molecule has 2 N–H and O–H groups in total. The van der Waals surface area contributed by atoms with E-state index in [9.17, 15) is 8.78 Å². The topological polar surface area (TPSA) is 76.4 Å². The van der Waals surface area contributed by atoms with E-state index in [1.807, 2.05) is 18.5 Å². The Labute approximate surface area is 191 Å². The highest BCUT2D eigenvalue weighted by molar-refractivity contribution is 14.0. The lowest BCUT2D eigenvalue weighted by atomic mass is 10.3. The second-order valence-electron chi connectivity index (χ2n) is 6.01. The molecule has 0 saturated carbocycles. The molecular formula is C18H27F2IN6OS. The molecule has 0 amide bonds. The summed E-state index contributed by atoms with van der Waals surface area (Å²) in [6.45, 7) is 3.65. The van der Waals surface area contributed by atoms with Gasteiger partial charge >= 0.3 is 0 Å². The van der Waals surface area contributed by atoms with Crippen molar-refractivity contribution in [3.05, 3.63) is 41.5 Å². The normalized spacial score (nSPS) is 11.1. The Morgan fingerprint density at radius 3 is 2.66 bits per heavy atom. The minimum absolute atomic E-state index is 0. The van der Waals surface area contributed by atoms with Gasteiger partial charge in [0, 0.05) is 19.7 Å². The fourth-order valence-electron chi connectivity index (χ4n) is 2.26. The standard InChI is InChI=1S/C18H26F2N6OS.HI/c1-13-24-25-17(26(13)2)12-23-18(21-7-4-10-28-3)22-8-9-27-16-6-5-14(19)11-15(16)20;/h5-6,11H,4,7-10,12H2,1-3H3,(H2,21,22,23);1H. The summed E-state index contributed by atoms with van der Waals surface area (Å²) in [6, 6.07) is 3.23. The first-order valence-corrected chi connectivity index (χ1v) is 10.3. The number of aromatic nitrogens is 3. The monoisotopic (exact) mass is 540 g/mol. The third-order valence-corrected chi connectivity index (χ3v) is 4.62. The second kappa shape index (κ2) is 13.6. The van der Waals surface area contributed by atoms with Crippen molar-refractivity contribution < 1.29 is 13.5 Å². The van der Waals surface area contributed by atoms with E-state index in [0.29, 0.717) is 19.0 Å². The number of ether oxygens (including phenoxy) is 1. The summed E-state index contributed by atoms with van der Waals surface area (Å²) in [4.78, 5) is 4.52. The third kappa shape index (κ3) is 8.72. The molecule has 0 aliphatic carbocycles. The van der Waals surface area contributed by atoms with Crippen molar-refractivity contribution >= 4 is 41.7 Å². The Bertz CT molecular complexity index is 790. The van der Waals surface area contributed by atoms with E-state index in [4.69, 9.17) is 4.74 Å². The maximum atomic E-state index is 13.6. The molecule has 1 heterocycles. The van der Waals surface area contributed by atoms with Crippen LogP contribution in [0, 0.1) is 18.6 Å². The minimum Gasteiger partial charge on any atom is -0.489 e. The number of hydrogen-bond donors (Lipinski definition) is 2. The van der Waals surface area contributed by atoms with Gasteiger partial charge in [-0.25, -0.2) is 13.8 Å². The maximum absolute atomic E-state index is 13.6. The van der Waals surface area contributed by atoms with Crippen LogP contribution in [0.5, 0.6) is 5.75 Å². The van der Waals surface area contributed by atoms with Crippen molar-refractivity contribution in [2.45, 2.75) is 19.9 Å². The molecule has 1 aromatic heterocycles. The summed E-state index contributed by atoms with van der Waals surface area (Å²) < 4.78 is 33.7. The van der Waals surface area contributed by atoms with Gasteiger partial charge in [0.25, 0.3) is 0 Å². The zero-order valence-corrected chi connectivity index (χ0v) is 19.9. The first-order chi connectivity index (χ1) is 13.5. The SMILES string of the molecule is CSCCCNC(=NCc1nnc(C)n1C)NCCOc1ccc(F)cc1F.I. The minimum atomic E-state index is -0.721. The van der Waals surface area contributed by atoms with E-state index in [-0.39, 0.29) is 36.3 Å². The average Bonchev–Trinajstić information content (AvgIpc) is 2.99. The van der Waals surface area contributed by atoms with Crippen LogP contribution in [-0.4, -0.2) is 52.4 Å². The van der Waals surface area contributed by atoms with E-state index in [1.165, 1.54) is 6.07 Å². The number of nitrogens with zero attached hydrogens (tertiary/aromatic N) is 4. The molecule has 162 valence electrons. The van der Waals surface area contributed by atoms with Crippen LogP contribution in [0.2, 0.25) is 0 Å². The number of hydrogen-bond acceptors (Lipinski definition) is 5. The van der Waals surface area contributed by atoms with E-state index >= 15 is 0 Å². The molecular weight excluding hydrogens is 513 g/mol. The van der Waals surface area contributed by atoms with E-state index < -0.39 is 11.6 Å². The number of aliphatic imine (C=N–C) groups is 1. The first-order valence-electron chi connectivity index (χ1n) is 8.95. The van der Waals surface area contributed by atoms with Crippen molar-refractivity contribution in [1.29, 1.82) is 0 Å². The second-order valence-corrected chi connectivity index (χ2v) is 7.00. The van der Waals surface area contributed by atoms with Crippen LogP contribution < -0.4 is 15.4 Å². The lowest BCUT2D eigenvalue weighted by Crippen LogP contribution is -2.40. The molecule has 0 radical (unpaired) electrons. The number of rotatable bonds is 10. The Balaban J connectivity index is 0.00000420. The Morgan fingerprint density at radius 1 is 1.24 bits per heavy atom. The maximum Gasteiger partial charge on any atom is 0.191 e. The Morgan fingerprint density at radius 2 is 2.00 bits per heavy atom. The van der Waals surface area contributed by atoms with Gasteiger partial charge in [0.15, 0.2) is 23.4 Å². The largest absolute Gasteiger partial charge is 0.489 e. The molecule has 0 aliphatic rings. The fraction of sp³-hybridized carbons (Fsp3) is 0.500. The Hall–Kier alpha value is -1.63. The summed E-state index contributed by atoms with van der Waals surface area (Å²) in [6.07, 6.45) is 3.07. The lowest BCUT2D eigenvalue weighted by Gasteiger charge is -2.13. The third-order valence-electron chi connectivity index (χ3n) is 3.93. The van der Waals surface area contributed by atoms with Crippen LogP contribution in [0.25, 0.3) is 0 Å². The molecule has 0 fully saturated rings. The zero-order chi connectivity index (χ0) is 20.4. The van der Waals surface area contributed by atoms with Gasteiger partial charge in [-0.3, -0.25) is 0 Å². The van der Waals surface area contributed by atoms with Crippen LogP contribution >= 0.6 is 35.7 Å². The quantitative estimate of drug-likeness (QED) is 0.209. The summed E-state index contributed by atoms with van der Waals surface area (Å²) >= 11 is 1.79. The Kier molecular flexibility index (Phi) is 11.9. The molecule has 0 aliphatic heterocycles. The summed E-state index contributed by atoms with van der Waals surface area (Å²) in [5.74, 6) is 1.91. The predicted molar refractivity (Wildman–Crippen MR) is 123 cm³/mol. The van der Waals surface area contributed by atoms with Crippen molar-refractivity contribution in [3.63, 3.8) is 0 Å². The van der Waals surface area contributed by atoms with Crippen LogP contribution in [0.1, 0.15) is 18.1 Å².